The van der Waals surface area contributed by atoms with E-state index in [0.29, 0.717) is 5.75 Å². The Hall–Kier alpha value is -3.86. The van der Waals surface area contributed by atoms with Gasteiger partial charge in [0.15, 0.2) is 11.5 Å². The molecule has 4 rings (SSSR count). The maximum Gasteiger partial charge on any atom is 0.352 e. The van der Waals surface area contributed by atoms with Gasteiger partial charge in [-0.1, -0.05) is 29.4 Å². The molecular formula is C21H19N5O5S. The summed E-state index contributed by atoms with van der Waals surface area (Å²) in [5.74, 6) is -1.82. The number of nitrogen functional groups attached to an aromatic ring is 1. The summed E-state index contributed by atoms with van der Waals surface area (Å²) in [6.45, 7) is 1.82. The van der Waals surface area contributed by atoms with Crippen LogP contribution >= 0.6 is 11.8 Å². The molecule has 1 aromatic heterocycles. The highest BCUT2D eigenvalue weighted by molar-refractivity contribution is 8.00. The molecule has 11 heteroatoms. The third kappa shape index (κ3) is 4.14. The summed E-state index contributed by atoms with van der Waals surface area (Å²) in [6, 6.07) is 12.4. The number of nitrogens with one attached hydrogen (secondary N) is 1. The van der Waals surface area contributed by atoms with Crippen molar-refractivity contribution in [2.75, 3.05) is 5.73 Å². The number of β-lactam (4-membered cyclic amide) rings is 1. The molecule has 2 aliphatic rings. The second kappa shape index (κ2) is 8.71. The van der Waals surface area contributed by atoms with Crippen LogP contribution in [0.4, 0.5) is 5.82 Å². The van der Waals surface area contributed by atoms with Gasteiger partial charge in [-0.3, -0.25) is 14.5 Å². The van der Waals surface area contributed by atoms with Gasteiger partial charge >= 0.3 is 5.97 Å². The van der Waals surface area contributed by atoms with Crippen molar-refractivity contribution < 1.29 is 24.3 Å². The quantitative estimate of drug-likeness (QED) is 0.336. The number of carbonyl (C=O) groups is 3. The van der Waals surface area contributed by atoms with Crippen LogP contribution in [-0.2, 0) is 14.4 Å². The Balaban J connectivity index is 1.58. The van der Waals surface area contributed by atoms with Crippen LogP contribution in [0.25, 0.3) is 0 Å². The second-order valence-corrected chi connectivity index (χ2v) is 8.54. The summed E-state index contributed by atoms with van der Waals surface area (Å²) in [7, 11) is 0. The van der Waals surface area contributed by atoms with Crippen LogP contribution in [0.3, 0.4) is 0 Å². The number of aliphatic carboxylic acids is 1. The topological polar surface area (TPSA) is 147 Å². The monoisotopic (exact) mass is 453 g/mol. The fourth-order valence-corrected chi connectivity index (χ4v) is 4.63. The highest BCUT2D eigenvalue weighted by atomic mass is 32.2. The Bertz CT molecular complexity index is 1140. The van der Waals surface area contributed by atoms with E-state index in [-0.39, 0.29) is 28.2 Å². The SMILES string of the molecule is CC1C=C(C(=O)O)N2C(=O)C(NC(=O)C(=NOc3ccccc3)c3cccc(N)n3)[C@H]2S1. The number of rotatable bonds is 6. The molecule has 0 aliphatic carbocycles. The molecule has 2 aromatic rings. The predicted octanol–water partition coefficient (Wildman–Crippen LogP) is 1.20. The number of oxime groups is 1. The number of carboxylic acid groups (broad SMARTS) is 1. The molecule has 2 unspecified atom stereocenters. The normalized spacial score (nSPS) is 22.3. The van der Waals surface area contributed by atoms with Crippen molar-refractivity contribution in [2.24, 2.45) is 5.16 Å². The number of hydrogen-bond acceptors (Lipinski definition) is 8. The zero-order chi connectivity index (χ0) is 22.8. The Morgan fingerprint density at radius 2 is 1.97 bits per heavy atom. The van der Waals surface area contributed by atoms with Crippen molar-refractivity contribution >= 4 is 41.1 Å². The highest BCUT2D eigenvalue weighted by Crippen LogP contribution is 2.40. The number of para-hydroxylation sites is 1. The fraction of sp³-hybridized carbons (Fsp3) is 0.190. The van der Waals surface area contributed by atoms with Crippen LogP contribution in [0.15, 0.2) is 65.5 Å². The third-order valence-electron chi connectivity index (χ3n) is 4.77. The number of thioether (sulfide) groups is 1. The lowest BCUT2D eigenvalue weighted by Gasteiger charge is -2.49. The molecule has 0 spiro atoms. The first-order valence-corrected chi connectivity index (χ1v) is 10.6. The molecule has 0 saturated carbocycles. The summed E-state index contributed by atoms with van der Waals surface area (Å²) >= 11 is 1.38. The standard InChI is InChI=1S/C21H19N5O5S/c1-11-10-14(21(29)30)26-19(28)17(20(26)32-11)24-18(27)16(13-8-5-9-15(22)23-13)25-31-12-6-3-2-4-7-12/h2-11,17,20H,1H3,(H2,22,23)(H,24,27)(H,29,30)/t11?,17?,20-/m1/s1. The van der Waals surface area contributed by atoms with Gasteiger partial charge in [-0.05, 0) is 37.3 Å². The molecule has 0 radical (unpaired) electrons. The van der Waals surface area contributed by atoms with Gasteiger partial charge in [0.05, 0.1) is 0 Å². The van der Waals surface area contributed by atoms with Crippen LogP contribution in [-0.4, -0.2) is 55.2 Å². The van der Waals surface area contributed by atoms with Crippen molar-refractivity contribution in [3.05, 3.63) is 66.0 Å². The average Bonchev–Trinajstić information content (AvgIpc) is 2.77. The number of aromatic nitrogens is 1. The van der Waals surface area contributed by atoms with E-state index in [1.165, 1.54) is 22.7 Å². The van der Waals surface area contributed by atoms with Crippen molar-refractivity contribution in [3.8, 4) is 5.75 Å². The van der Waals surface area contributed by atoms with Gasteiger partial charge in [0.2, 0.25) is 0 Å². The van der Waals surface area contributed by atoms with Crippen LogP contribution in [0.5, 0.6) is 5.75 Å². The molecule has 164 valence electrons. The lowest BCUT2D eigenvalue weighted by molar-refractivity contribution is -0.150. The number of fused-ring (bicyclic) bond motifs is 1. The number of hydrogen-bond donors (Lipinski definition) is 3. The van der Waals surface area contributed by atoms with Gasteiger partial charge in [-0.2, -0.15) is 0 Å². The van der Waals surface area contributed by atoms with Gasteiger partial charge < -0.3 is 21.0 Å². The lowest BCUT2D eigenvalue weighted by Crippen LogP contribution is -2.71. The minimum Gasteiger partial charge on any atom is -0.477 e. The Kier molecular flexibility index (Phi) is 5.82. The Morgan fingerprint density at radius 3 is 2.66 bits per heavy atom. The van der Waals surface area contributed by atoms with Gasteiger partial charge in [0.1, 0.15) is 28.6 Å². The molecule has 2 aliphatic heterocycles. The minimum atomic E-state index is -1.19. The molecule has 1 saturated heterocycles. The fourth-order valence-electron chi connectivity index (χ4n) is 3.31. The minimum absolute atomic E-state index is 0.0875. The Labute approximate surface area is 187 Å². The van der Waals surface area contributed by atoms with Crippen LogP contribution in [0.1, 0.15) is 12.6 Å². The zero-order valence-electron chi connectivity index (χ0n) is 16.8. The summed E-state index contributed by atoms with van der Waals surface area (Å²) < 4.78 is 0. The molecule has 32 heavy (non-hydrogen) atoms. The number of carbonyl (C=O) groups excluding carboxylic acids is 2. The van der Waals surface area contributed by atoms with E-state index in [9.17, 15) is 19.5 Å². The maximum absolute atomic E-state index is 13.1. The number of benzene rings is 1. The van der Waals surface area contributed by atoms with Gasteiger partial charge in [0, 0.05) is 5.25 Å². The smallest absolute Gasteiger partial charge is 0.352 e. The predicted molar refractivity (Wildman–Crippen MR) is 118 cm³/mol. The summed E-state index contributed by atoms with van der Waals surface area (Å²) in [4.78, 5) is 47.9. The Morgan fingerprint density at radius 1 is 1.22 bits per heavy atom. The summed E-state index contributed by atoms with van der Waals surface area (Å²) in [5, 5.41) is 15.3. The van der Waals surface area contributed by atoms with Gasteiger partial charge in [-0.15, -0.1) is 11.8 Å². The highest BCUT2D eigenvalue weighted by Gasteiger charge is 2.54. The van der Waals surface area contributed by atoms with Crippen molar-refractivity contribution in [3.63, 3.8) is 0 Å². The molecule has 0 bridgehead atoms. The number of nitrogens with zero attached hydrogens (tertiary/aromatic N) is 3. The van der Waals surface area contributed by atoms with Crippen molar-refractivity contribution in [1.82, 2.24) is 15.2 Å². The van der Waals surface area contributed by atoms with Crippen LogP contribution in [0, 0.1) is 0 Å². The molecule has 4 N–H and O–H groups in total. The van der Waals surface area contributed by atoms with E-state index in [1.807, 2.05) is 6.92 Å². The molecule has 2 amide bonds. The third-order valence-corrected chi connectivity index (χ3v) is 6.10. The number of carboxylic acids is 1. The number of pyridine rings is 1. The molecule has 3 atom stereocenters. The van der Waals surface area contributed by atoms with E-state index < -0.39 is 29.2 Å². The van der Waals surface area contributed by atoms with Crippen LogP contribution < -0.4 is 15.9 Å². The first-order valence-electron chi connectivity index (χ1n) is 9.62. The first kappa shape index (κ1) is 21.4. The molecule has 1 aromatic carbocycles. The first-order chi connectivity index (χ1) is 15.3. The molecule has 1 fully saturated rings. The van der Waals surface area contributed by atoms with Crippen molar-refractivity contribution in [1.29, 1.82) is 0 Å². The van der Waals surface area contributed by atoms with Gasteiger partial charge in [0.25, 0.3) is 11.8 Å². The molecule has 10 nitrogen and oxygen atoms in total. The largest absolute Gasteiger partial charge is 0.477 e. The summed E-state index contributed by atoms with van der Waals surface area (Å²) in [6.07, 6.45) is 1.51. The molecule has 3 heterocycles. The van der Waals surface area contributed by atoms with Gasteiger partial charge in [-0.25, -0.2) is 9.78 Å². The van der Waals surface area contributed by atoms with Crippen LogP contribution in [0.2, 0.25) is 0 Å². The molecular weight excluding hydrogens is 434 g/mol. The second-order valence-electron chi connectivity index (χ2n) is 7.04. The number of anilines is 1. The average molecular weight is 453 g/mol. The number of amides is 2. The lowest BCUT2D eigenvalue weighted by atomic mass is 10.0. The van der Waals surface area contributed by atoms with E-state index in [0.717, 1.165) is 0 Å². The van der Waals surface area contributed by atoms with E-state index in [4.69, 9.17) is 10.6 Å². The number of nitrogens with two attached hydrogens (primary N) is 1. The zero-order valence-corrected chi connectivity index (χ0v) is 17.7. The van der Waals surface area contributed by atoms with Crippen molar-refractivity contribution in [2.45, 2.75) is 23.6 Å². The van der Waals surface area contributed by atoms with E-state index in [2.05, 4.69) is 15.5 Å². The van der Waals surface area contributed by atoms with E-state index >= 15 is 0 Å². The summed E-state index contributed by atoms with van der Waals surface area (Å²) in [5.41, 5.74) is 5.65. The van der Waals surface area contributed by atoms with E-state index in [1.54, 1.807) is 48.5 Å². The maximum atomic E-state index is 13.1.